The van der Waals surface area contributed by atoms with E-state index in [0.29, 0.717) is 38.8 Å². The minimum atomic E-state index is -0.969. The van der Waals surface area contributed by atoms with Crippen molar-refractivity contribution in [3.05, 3.63) is 12.2 Å². The molecule has 0 aromatic heterocycles. The number of nitrogens with zero attached hydrogens (tertiary/aromatic N) is 2. The Morgan fingerprint density at radius 2 is 0.685 bits per heavy atom. The number of esters is 6. The SMILES string of the molecule is CCCCCCCCC(=O)OCC(COC(=O)CCCCCCCC)CC(=O)O[C@@H]1C=C[C@H](OC(=O)CC(COC(=O)CCCCCCCC)COC(=O)CCCCCCCC)CN(C(=O)OC2CN(C)C2)C1. The maximum absolute atomic E-state index is 13.7. The second-order valence-electron chi connectivity index (χ2n) is 20.5. The lowest BCUT2D eigenvalue weighted by molar-refractivity contribution is -0.157. The molecule has 0 N–H and O–H groups in total. The van der Waals surface area contributed by atoms with Crippen LogP contribution in [0.4, 0.5) is 4.79 Å². The van der Waals surface area contributed by atoms with Crippen LogP contribution in [0, 0.1) is 11.8 Å². The molecular formula is C57H98N2O14. The predicted octanol–water partition coefficient (Wildman–Crippen LogP) is 11.3. The fourth-order valence-electron chi connectivity index (χ4n) is 8.68. The lowest BCUT2D eigenvalue weighted by Crippen LogP contribution is -2.53. The van der Waals surface area contributed by atoms with Gasteiger partial charge in [0.25, 0.3) is 0 Å². The van der Waals surface area contributed by atoms with Gasteiger partial charge in [-0.25, -0.2) is 4.79 Å². The molecule has 0 aromatic rings. The third-order valence-electron chi connectivity index (χ3n) is 13.2. The zero-order valence-corrected chi connectivity index (χ0v) is 46.0. The first-order valence-electron chi connectivity index (χ1n) is 28.7. The molecule has 2 aliphatic heterocycles. The van der Waals surface area contributed by atoms with Crippen LogP contribution < -0.4 is 0 Å². The lowest BCUT2D eigenvalue weighted by atomic mass is 10.1. The molecule has 2 aliphatic rings. The highest BCUT2D eigenvalue weighted by Gasteiger charge is 2.34. The van der Waals surface area contributed by atoms with Gasteiger partial charge in [0.2, 0.25) is 0 Å². The van der Waals surface area contributed by atoms with Crippen molar-refractivity contribution in [2.45, 2.75) is 239 Å². The summed E-state index contributed by atoms with van der Waals surface area (Å²) in [5, 5.41) is 0. The number of likely N-dealkylation sites (N-methyl/N-ethyl adjacent to an activating group) is 1. The molecule has 16 nitrogen and oxygen atoms in total. The van der Waals surface area contributed by atoms with E-state index >= 15 is 0 Å². The number of unbranched alkanes of at least 4 members (excludes halogenated alkanes) is 20. The van der Waals surface area contributed by atoms with Gasteiger partial charge in [-0.3, -0.25) is 33.7 Å². The molecule has 2 rings (SSSR count). The van der Waals surface area contributed by atoms with E-state index in [4.69, 9.17) is 33.2 Å². The van der Waals surface area contributed by atoms with Crippen LogP contribution in [0.5, 0.6) is 0 Å². The fourth-order valence-corrected chi connectivity index (χ4v) is 8.68. The van der Waals surface area contributed by atoms with E-state index in [0.717, 1.165) is 128 Å². The van der Waals surface area contributed by atoms with Crippen LogP contribution in [0.1, 0.15) is 220 Å². The second-order valence-corrected chi connectivity index (χ2v) is 20.5. The van der Waals surface area contributed by atoms with E-state index in [-0.39, 0.29) is 108 Å². The predicted molar refractivity (Wildman–Crippen MR) is 280 cm³/mol. The fraction of sp³-hybridized carbons (Fsp3) is 0.842. The Labute approximate surface area is 439 Å². The zero-order chi connectivity index (χ0) is 53.3. The van der Waals surface area contributed by atoms with E-state index in [2.05, 4.69) is 27.7 Å². The summed E-state index contributed by atoms with van der Waals surface area (Å²) in [7, 11) is 1.91. The third kappa shape index (κ3) is 34.1. The van der Waals surface area contributed by atoms with E-state index in [1.807, 2.05) is 11.9 Å². The van der Waals surface area contributed by atoms with Gasteiger partial charge in [0.15, 0.2) is 0 Å². The highest BCUT2D eigenvalue weighted by Crippen LogP contribution is 2.20. The maximum atomic E-state index is 13.7. The Morgan fingerprint density at radius 1 is 0.397 bits per heavy atom. The number of hydrogen-bond donors (Lipinski definition) is 0. The summed E-state index contributed by atoms with van der Waals surface area (Å²) in [6, 6.07) is 0. The Hall–Kier alpha value is -4.21. The second kappa shape index (κ2) is 42.1. The molecular weight excluding hydrogens is 937 g/mol. The molecule has 2 atom stereocenters. The monoisotopic (exact) mass is 1030 g/mol. The first-order chi connectivity index (χ1) is 35.3. The number of carbonyl (C=O) groups is 7. The Bertz CT molecular complexity index is 1410. The number of likely N-dealkylation sites (tertiary alicyclic amines) is 1. The quantitative estimate of drug-likeness (QED) is 0.0242. The summed E-state index contributed by atoms with van der Waals surface area (Å²) in [5.41, 5.74) is 0. The molecule has 0 spiro atoms. The summed E-state index contributed by atoms with van der Waals surface area (Å²) in [6.07, 6.45) is 25.1. The van der Waals surface area contributed by atoms with Gasteiger partial charge in [-0.05, 0) is 44.9 Å². The van der Waals surface area contributed by atoms with Crippen molar-refractivity contribution < 1.29 is 66.7 Å². The van der Waals surface area contributed by atoms with Crippen LogP contribution in [0.15, 0.2) is 12.2 Å². The van der Waals surface area contributed by atoms with Gasteiger partial charge in [-0.15, -0.1) is 0 Å². The minimum Gasteiger partial charge on any atom is -0.465 e. The highest BCUT2D eigenvalue weighted by atomic mass is 16.6. The summed E-state index contributed by atoms with van der Waals surface area (Å²) < 4.78 is 39.9. The van der Waals surface area contributed by atoms with Crippen molar-refractivity contribution in [1.82, 2.24) is 9.80 Å². The molecule has 2 heterocycles. The first-order valence-corrected chi connectivity index (χ1v) is 28.7. The average Bonchev–Trinajstić information content (AvgIpc) is 3.55. The molecule has 1 amide bonds. The molecule has 1 saturated heterocycles. The van der Waals surface area contributed by atoms with Gasteiger partial charge in [0.1, 0.15) is 18.3 Å². The maximum Gasteiger partial charge on any atom is 0.410 e. The summed E-state index contributed by atoms with van der Waals surface area (Å²) in [6.45, 7) is 8.95. The van der Waals surface area contributed by atoms with Crippen molar-refractivity contribution >= 4 is 41.9 Å². The molecule has 0 unspecified atom stereocenters. The molecule has 420 valence electrons. The van der Waals surface area contributed by atoms with Crippen molar-refractivity contribution in [3.8, 4) is 0 Å². The molecule has 16 heteroatoms. The number of rotatable bonds is 43. The number of carbonyl (C=O) groups excluding carboxylic acids is 7. The molecule has 0 radical (unpaired) electrons. The van der Waals surface area contributed by atoms with Crippen molar-refractivity contribution in [2.24, 2.45) is 11.8 Å². The molecule has 1 fully saturated rings. The number of hydrogen-bond acceptors (Lipinski definition) is 15. The summed E-state index contributed by atoms with van der Waals surface area (Å²) in [4.78, 5) is 95.2. The van der Waals surface area contributed by atoms with E-state index in [1.54, 1.807) is 12.2 Å². The van der Waals surface area contributed by atoms with Crippen molar-refractivity contribution in [3.63, 3.8) is 0 Å². The molecule has 0 aromatic carbocycles. The first kappa shape index (κ1) is 64.9. The largest absolute Gasteiger partial charge is 0.465 e. The van der Waals surface area contributed by atoms with Gasteiger partial charge in [-0.2, -0.15) is 0 Å². The summed E-state index contributed by atoms with van der Waals surface area (Å²) >= 11 is 0. The Morgan fingerprint density at radius 3 is 0.973 bits per heavy atom. The van der Waals surface area contributed by atoms with Crippen LogP contribution in [-0.4, -0.2) is 130 Å². The molecule has 0 bridgehead atoms. The topological polar surface area (TPSA) is 191 Å². The van der Waals surface area contributed by atoms with Gasteiger partial charge >= 0.3 is 41.9 Å². The Balaban J connectivity index is 2.15. The smallest absolute Gasteiger partial charge is 0.410 e. The van der Waals surface area contributed by atoms with E-state index in [1.165, 1.54) is 4.90 Å². The Kier molecular flexibility index (Phi) is 37.4. The van der Waals surface area contributed by atoms with E-state index < -0.39 is 42.1 Å². The lowest BCUT2D eigenvalue weighted by Gasteiger charge is -2.37. The van der Waals surface area contributed by atoms with Crippen LogP contribution >= 0.6 is 0 Å². The molecule has 0 saturated carbocycles. The van der Waals surface area contributed by atoms with Gasteiger partial charge in [0.05, 0.1) is 52.4 Å². The average molecular weight is 1040 g/mol. The number of amides is 1. The standard InChI is InChI=1S/C57H98N2O14/c1-6-10-14-18-22-26-30-51(60)67-42-46(43-68-52(61)31-27-23-19-15-11-7-2)36-55(64)71-48-34-35-49(41-59(40-48)57(66)73-50-38-58(5)39-50)72-56(65)37-47(44-69-53(62)32-28-24-20-16-12-8-3)45-70-54(63)33-29-25-21-17-13-9-4/h34-35,46-50H,6-33,36-45H2,1-5H3/t48-,49+. The third-order valence-corrected chi connectivity index (χ3v) is 13.2. The zero-order valence-electron chi connectivity index (χ0n) is 46.0. The van der Waals surface area contributed by atoms with Crippen LogP contribution in [0.3, 0.4) is 0 Å². The summed E-state index contributed by atoms with van der Waals surface area (Å²) in [5.74, 6) is -4.21. The van der Waals surface area contributed by atoms with Crippen molar-refractivity contribution in [1.29, 1.82) is 0 Å². The molecule has 0 aliphatic carbocycles. The molecule has 73 heavy (non-hydrogen) atoms. The van der Waals surface area contributed by atoms with E-state index in [9.17, 15) is 33.6 Å². The van der Waals surface area contributed by atoms with Gasteiger partial charge in [0, 0.05) is 50.6 Å². The minimum absolute atomic E-state index is 0.103. The van der Waals surface area contributed by atoms with Gasteiger partial charge < -0.3 is 38.1 Å². The van der Waals surface area contributed by atoms with Crippen molar-refractivity contribution in [2.75, 3.05) is 59.7 Å². The van der Waals surface area contributed by atoms with Gasteiger partial charge in [-0.1, -0.05) is 156 Å². The number of ether oxygens (including phenoxy) is 7. The van der Waals surface area contributed by atoms with Crippen LogP contribution in [0.2, 0.25) is 0 Å². The highest BCUT2D eigenvalue weighted by molar-refractivity contribution is 5.73. The van der Waals surface area contributed by atoms with Crippen LogP contribution in [-0.2, 0) is 61.9 Å². The van der Waals surface area contributed by atoms with Crippen LogP contribution in [0.25, 0.3) is 0 Å². The normalized spacial score (nSPS) is 15.9.